The number of H-pyrrole nitrogens is 1. The van der Waals surface area contributed by atoms with E-state index in [1.54, 1.807) is 7.05 Å². The van der Waals surface area contributed by atoms with Crippen molar-refractivity contribution in [2.24, 2.45) is 24.3 Å². The van der Waals surface area contributed by atoms with E-state index < -0.39 is 0 Å². The number of nitrogens with zero attached hydrogens (tertiary/aromatic N) is 3. The Morgan fingerprint density at radius 3 is 2.87 bits per heavy atom. The van der Waals surface area contributed by atoms with Gasteiger partial charge in [-0.05, 0) is 30.6 Å². The number of fused-ring (bicyclic) bond motifs is 1. The molecule has 2 atom stereocenters. The molecule has 0 radical (unpaired) electrons. The molecule has 124 valence electrons. The van der Waals surface area contributed by atoms with Crippen LogP contribution in [0.3, 0.4) is 0 Å². The van der Waals surface area contributed by atoms with E-state index in [2.05, 4.69) is 41.2 Å². The fourth-order valence-electron chi connectivity index (χ4n) is 3.86. The Balaban J connectivity index is 1.83. The van der Waals surface area contributed by atoms with Crippen molar-refractivity contribution in [2.45, 2.75) is 40.0 Å². The van der Waals surface area contributed by atoms with Gasteiger partial charge in [-0.1, -0.05) is 20.8 Å². The van der Waals surface area contributed by atoms with Crippen LogP contribution < -0.4 is 10.9 Å². The summed E-state index contributed by atoms with van der Waals surface area (Å²) in [5.41, 5.74) is 0.323. The summed E-state index contributed by atoms with van der Waals surface area (Å²) >= 11 is 0. The molecule has 0 spiro atoms. The lowest BCUT2D eigenvalue weighted by Crippen LogP contribution is -2.35. The second-order valence-electron chi connectivity index (χ2n) is 7.52. The summed E-state index contributed by atoms with van der Waals surface area (Å²) in [6.07, 6.45) is 4.32. The number of anilines is 1. The maximum absolute atomic E-state index is 12.6. The van der Waals surface area contributed by atoms with Crippen molar-refractivity contribution in [1.29, 1.82) is 0 Å². The molecular formula is C16H23N5O2. The summed E-state index contributed by atoms with van der Waals surface area (Å²) in [4.78, 5) is 31.5. The minimum atomic E-state index is -0.296. The molecule has 0 bridgehead atoms. The van der Waals surface area contributed by atoms with E-state index in [0.717, 1.165) is 19.3 Å². The summed E-state index contributed by atoms with van der Waals surface area (Å²) in [6.45, 7) is 6.58. The van der Waals surface area contributed by atoms with E-state index >= 15 is 0 Å². The number of aromatic nitrogens is 4. The SMILES string of the molecule is CC1CC(C(=O)Nc2nc3c(cnn3C)c(=O)[nH]2)CC(C)(C)C1. The number of hydrogen-bond donors (Lipinski definition) is 2. The molecule has 1 fully saturated rings. The number of nitrogens with one attached hydrogen (secondary N) is 2. The summed E-state index contributed by atoms with van der Waals surface area (Å²) in [7, 11) is 1.71. The number of carbonyl (C=O) groups excluding carboxylic acids is 1. The molecule has 7 heteroatoms. The van der Waals surface area contributed by atoms with Crippen molar-refractivity contribution < 1.29 is 4.79 Å². The first-order chi connectivity index (χ1) is 10.7. The molecule has 1 aliphatic carbocycles. The van der Waals surface area contributed by atoms with Gasteiger partial charge in [-0.15, -0.1) is 0 Å². The van der Waals surface area contributed by atoms with Gasteiger partial charge in [-0.25, -0.2) is 0 Å². The molecule has 2 unspecified atom stereocenters. The lowest BCUT2D eigenvalue weighted by molar-refractivity contribution is -0.122. The highest BCUT2D eigenvalue weighted by atomic mass is 16.2. The third-order valence-electron chi connectivity index (χ3n) is 4.60. The van der Waals surface area contributed by atoms with Gasteiger partial charge < -0.3 is 0 Å². The first-order valence-corrected chi connectivity index (χ1v) is 7.98. The van der Waals surface area contributed by atoms with Crippen molar-refractivity contribution in [3.63, 3.8) is 0 Å². The van der Waals surface area contributed by atoms with E-state index in [1.807, 2.05) is 0 Å². The van der Waals surface area contributed by atoms with Crippen molar-refractivity contribution in [1.82, 2.24) is 19.7 Å². The highest BCUT2D eigenvalue weighted by Crippen LogP contribution is 2.41. The zero-order valence-corrected chi connectivity index (χ0v) is 14.0. The maximum Gasteiger partial charge on any atom is 0.263 e. The highest BCUT2D eigenvalue weighted by molar-refractivity contribution is 5.91. The molecule has 1 aliphatic rings. The summed E-state index contributed by atoms with van der Waals surface area (Å²) in [6, 6.07) is 0. The van der Waals surface area contributed by atoms with Gasteiger partial charge >= 0.3 is 0 Å². The van der Waals surface area contributed by atoms with Crippen LogP contribution in [0.2, 0.25) is 0 Å². The quantitative estimate of drug-likeness (QED) is 0.886. The standard InChI is InChI=1S/C16H23N5O2/c1-9-5-10(7-16(2,3)6-9)13(22)19-15-18-12-11(14(23)20-15)8-17-21(12)4/h8-10H,5-7H2,1-4H3,(H2,18,19,20,22,23). The number of aromatic amines is 1. The zero-order chi connectivity index (χ0) is 16.8. The van der Waals surface area contributed by atoms with Crippen molar-refractivity contribution in [2.75, 3.05) is 5.32 Å². The second-order valence-corrected chi connectivity index (χ2v) is 7.52. The fourth-order valence-corrected chi connectivity index (χ4v) is 3.86. The summed E-state index contributed by atoms with van der Waals surface area (Å²) in [5, 5.41) is 7.21. The third kappa shape index (κ3) is 3.13. The van der Waals surface area contributed by atoms with Crippen LogP contribution in [0.4, 0.5) is 5.95 Å². The molecule has 1 amide bonds. The van der Waals surface area contributed by atoms with Gasteiger partial charge in [0.2, 0.25) is 11.9 Å². The zero-order valence-electron chi connectivity index (χ0n) is 14.0. The van der Waals surface area contributed by atoms with Crippen LogP contribution >= 0.6 is 0 Å². The Morgan fingerprint density at radius 2 is 2.17 bits per heavy atom. The average molecular weight is 317 g/mol. The molecule has 2 N–H and O–H groups in total. The van der Waals surface area contributed by atoms with E-state index in [-0.39, 0.29) is 28.7 Å². The molecule has 0 aliphatic heterocycles. The second kappa shape index (κ2) is 5.47. The fraction of sp³-hybridized carbons (Fsp3) is 0.625. The van der Waals surface area contributed by atoms with Crippen LogP contribution in [0.5, 0.6) is 0 Å². The number of rotatable bonds is 2. The first-order valence-electron chi connectivity index (χ1n) is 7.98. The Labute approximate surface area is 134 Å². The van der Waals surface area contributed by atoms with E-state index in [9.17, 15) is 9.59 Å². The molecule has 23 heavy (non-hydrogen) atoms. The molecule has 2 heterocycles. The molecule has 0 saturated heterocycles. The Hall–Kier alpha value is -2.18. The van der Waals surface area contributed by atoms with Crippen LogP contribution in [-0.4, -0.2) is 25.7 Å². The molecule has 2 aromatic heterocycles. The van der Waals surface area contributed by atoms with Crippen LogP contribution in [0.15, 0.2) is 11.0 Å². The van der Waals surface area contributed by atoms with Gasteiger partial charge in [0, 0.05) is 13.0 Å². The number of carbonyl (C=O) groups is 1. The Kier molecular flexibility index (Phi) is 3.74. The van der Waals surface area contributed by atoms with Crippen molar-refractivity contribution in [3.8, 4) is 0 Å². The summed E-state index contributed by atoms with van der Waals surface area (Å²) in [5.74, 6) is 0.573. The third-order valence-corrected chi connectivity index (χ3v) is 4.60. The molecule has 2 aromatic rings. The normalized spacial score (nSPS) is 23.8. The van der Waals surface area contributed by atoms with Crippen molar-refractivity contribution in [3.05, 3.63) is 16.6 Å². The lowest BCUT2D eigenvalue weighted by Gasteiger charge is -2.38. The first kappa shape index (κ1) is 15.7. The van der Waals surface area contributed by atoms with Crippen LogP contribution in [0.25, 0.3) is 11.0 Å². The Morgan fingerprint density at radius 1 is 1.43 bits per heavy atom. The Bertz CT molecular complexity index is 804. The van der Waals surface area contributed by atoms with Crippen LogP contribution in [-0.2, 0) is 11.8 Å². The van der Waals surface area contributed by atoms with Gasteiger partial charge in [0.1, 0.15) is 5.39 Å². The van der Waals surface area contributed by atoms with Gasteiger partial charge in [0.25, 0.3) is 5.56 Å². The monoisotopic (exact) mass is 317 g/mol. The largest absolute Gasteiger partial charge is 0.296 e. The number of aryl methyl sites for hydroxylation is 1. The van der Waals surface area contributed by atoms with Gasteiger partial charge in [-0.2, -0.15) is 10.1 Å². The highest BCUT2D eigenvalue weighted by Gasteiger charge is 2.35. The molecular weight excluding hydrogens is 294 g/mol. The van der Waals surface area contributed by atoms with E-state index in [1.165, 1.54) is 10.9 Å². The topological polar surface area (TPSA) is 92.7 Å². The van der Waals surface area contributed by atoms with Gasteiger partial charge in [0.05, 0.1) is 6.20 Å². The average Bonchev–Trinajstić information content (AvgIpc) is 2.79. The minimum absolute atomic E-state index is 0.0544. The maximum atomic E-state index is 12.6. The molecule has 1 saturated carbocycles. The van der Waals surface area contributed by atoms with E-state index in [0.29, 0.717) is 17.0 Å². The minimum Gasteiger partial charge on any atom is -0.296 e. The van der Waals surface area contributed by atoms with Gasteiger partial charge in [-0.3, -0.25) is 24.6 Å². The van der Waals surface area contributed by atoms with Crippen LogP contribution in [0, 0.1) is 17.3 Å². The molecule has 0 aromatic carbocycles. The lowest BCUT2D eigenvalue weighted by atomic mass is 9.68. The predicted molar refractivity (Wildman–Crippen MR) is 88.0 cm³/mol. The molecule has 7 nitrogen and oxygen atoms in total. The van der Waals surface area contributed by atoms with Crippen molar-refractivity contribution >= 4 is 22.9 Å². The van der Waals surface area contributed by atoms with Gasteiger partial charge in [0.15, 0.2) is 5.65 Å². The number of hydrogen-bond acceptors (Lipinski definition) is 4. The molecule has 3 rings (SSSR count). The van der Waals surface area contributed by atoms with Crippen LogP contribution in [0.1, 0.15) is 40.0 Å². The van der Waals surface area contributed by atoms with E-state index in [4.69, 9.17) is 0 Å². The number of amides is 1. The summed E-state index contributed by atoms with van der Waals surface area (Å²) < 4.78 is 1.52. The predicted octanol–water partition coefficient (Wildman–Crippen LogP) is 2.06. The smallest absolute Gasteiger partial charge is 0.263 e.